The molecule has 0 fully saturated rings. The fourth-order valence-corrected chi connectivity index (χ4v) is 3.63. The standard InChI is InChI=1S/C14H15N3O2S/c1-7-11-12(9-3-5-10(18)6-4-9)20-8(2)14(19)15-13(11)17-16-7/h3-6,8,12,18H,1-2H3,(H2,15,16,17,19)/t8-,12+/m1/s1. The molecule has 20 heavy (non-hydrogen) atoms. The van der Waals surface area contributed by atoms with Crippen molar-refractivity contribution in [3.63, 3.8) is 0 Å². The van der Waals surface area contributed by atoms with Crippen LogP contribution in [0.15, 0.2) is 24.3 Å². The minimum absolute atomic E-state index is 0.0123. The number of thioether (sulfide) groups is 1. The van der Waals surface area contributed by atoms with Crippen LogP contribution in [0.5, 0.6) is 5.75 Å². The molecule has 1 aromatic heterocycles. The summed E-state index contributed by atoms with van der Waals surface area (Å²) in [6, 6.07) is 7.09. The lowest BCUT2D eigenvalue weighted by atomic mass is 10.0. The van der Waals surface area contributed by atoms with Crippen molar-refractivity contribution in [2.45, 2.75) is 24.3 Å². The van der Waals surface area contributed by atoms with E-state index in [1.807, 2.05) is 26.0 Å². The van der Waals surface area contributed by atoms with Crippen molar-refractivity contribution in [3.05, 3.63) is 41.1 Å². The summed E-state index contributed by atoms with van der Waals surface area (Å²) in [7, 11) is 0. The molecule has 0 bridgehead atoms. The summed E-state index contributed by atoms with van der Waals surface area (Å²) >= 11 is 1.58. The number of hydrogen-bond donors (Lipinski definition) is 3. The zero-order valence-corrected chi connectivity index (χ0v) is 12.0. The van der Waals surface area contributed by atoms with E-state index in [9.17, 15) is 9.90 Å². The molecule has 0 saturated carbocycles. The van der Waals surface area contributed by atoms with E-state index in [1.165, 1.54) is 0 Å². The number of amides is 1. The van der Waals surface area contributed by atoms with Crippen LogP contribution in [0.1, 0.15) is 29.0 Å². The lowest BCUT2D eigenvalue weighted by Gasteiger charge is -2.17. The number of H-pyrrole nitrogens is 1. The maximum atomic E-state index is 12.0. The number of aromatic nitrogens is 2. The van der Waals surface area contributed by atoms with Crippen molar-refractivity contribution < 1.29 is 9.90 Å². The van der Waals surface area contributed by atoms with E-state index in [4.69, 9.17) is 0 Å². The lowest BCUT2D eigenvalue weighted by molar-refractivity contribution is -0.115. The smallest absolute Gasteiger partial charge is 0.238 e. The van der Waals surface area contributed by atoms with E-state index in [-0.39, 0.29) is 22.2 Å². The first-order chi connectivity index (χ1) is 9.56. The van der Waals surface area contributed by atoms with E-state index in [0.717, 1.165) is 16.8 Å². The third kappa shape index (κ3) is 2.16. The van der Waals surface area contributed by atoms with Gasteiger partial charge in [-0.3, -0.25) is 9.89 Å². The number of rotatable bonds is 1. The van der Waals surface area contributed by atoms with Crippen molar-refractivity contribution in [2.24, 2.45) is 0 Å². The first-order valence-electron chi connectivity index (χ1n) is 6.36. The van der Waals surface area contributed by atoms with Crippen LogP contribution in [-0.2, 0) is 4.79 Å². The Hall–Kier alpha value is -1.95. The molecule has 0 saturated heterocycles. The Morgan fingerprint density at radius 3 is 2.70 bits per heavy atom. The number of aryl methyl sites for hydroxylation is 1. The third-order valence-corrected chi connectivity index (χ3v) is 4.81. The number of nitrogens with one attached hydrogen (secondary N) is 2. The molecule has 1 aliphatic heterocycles. The maximum Gasteiger partial charge on any atom is 0.238 e. The number of aromatic amines is 1. The minimum atomic E-state index is -0.164. The number of benzene rings is 1. The van der Waals surface area contributed by atoms with Gasteiger partial charge in [-0.05, 0) is 31.5 Å². The zero-order valence-electron chi connectivity index (χ0n) is 11.2. The second-order valence-electron chi connectivity index (χ2n) is 4.85. The summed E-state index contributed by atoms with van der Waals surface area (Å²) in [6.07, 6.45) is 0. The molecule has 2 aromatic rings. The molecular formula is C14H15N3O2S. The molecule has 0 spiro atoms. The minimum Gasteiger partial charge on any atom is -0.508 e. The number of aromatic hydroxyl groups is 1. The van der Waals surface area contributed by atoms with E-state index in [0.29, 0.717) is 5.82 Å². The van der Waals surface area contributed by atoms with Crippen LogP contribution in [0.3, 0.4) is 0 Å². The second-order valence-corrected chi connectivity index (χ2v) is 6.30. The summed E-state index contributed by atoms with van der Waals surface area (Å²) in [6.45, 7) is 3.83. The Morgan fingerprint density at radius 2 is 2.00 bits per heavy atom. The van der Waals surface area contributed by atoms with Crippen LogP contribution < -0.4 is 5.32 Å². The average Bonchev–Trinajstić information content (AvgIpc) is 2.71. The Bertz CT molecular complexity index is 651. The molecule has 0 radical (unpaired) electrons. The monoisotopic (exact) mass is 289 g/mol. The Kier molecular flexibility index (Phi) is 3.17. The maximum absolute atomic E-state index is 12.0. The summed E-state index contributed by atoms with van der Waals surface area (Å²) < 4.78 is 0. The van der Waals surface area contributed by atoms with Crippen molar-refractivity contribution in [1.82, 2.24) is 10.2 Å². The number of carbonyl (C=O) groups excluding carboxylic acids is 1. The van der Waals surface area contributed by atoms with E-state index in [2.05, 4.69) is 15.5 Å². The first-order valence-corrected chi connectivity index (χ1v) is 7.30. The number of anilines is 1. The molecule has 1 aromatic carbocycles. The zero-order chi connectivity index (χ0) is 14.3. The Labute approximate surface area is 120 Å². The highest BCUT2D eigenvalue weighted by atomic mass is 32.2. The normalized spacial score (nSPS) is 22.0. The van der Waals surface area contributed by atoms with Gasteiger partial charge in [0.15, 0.2) is 5.82 Å². The fourth-order valence-electron chi connectivity index (χ4n) is 2.30. The highest BCUT2D eigenvalue weighted by Crippen LogP contribution is 2.44. The molecule has 2 atom stereocenters. The summed E-state index contributed by atoms with van der Waals surface area (Å²) in [4.78, 5) is 12.0. The number of hydrogen-bond acceptors (Lipinski definition) is 4. The molecule has 5 nitrogen and oxygen atoms in total. The fraction of sp³-hybridized carbons (Fsp3) is 0.286. The van der Waals surface area contributed by atoms with Gasteiger partial charge in [-0.25, -0.2) is 0 Å². The number of phenols is 1. The molecule has 1 aliphatic rings. The highest BCUT2D eigenvalue weighted by Gasteiger charge is 2.32. The number of fused-ring (bicyclic) bond motifs is 1. The Morgan fingerprint density at radius 1 is 1.30 bits per heavy atom. The van der Waals surface area contributed by atoms with Crippen molar-refractivity contribution in [3.8, 4) is 5.75 Å². The van der Waals surface area contributed by atoms with Crippen molar-refractivity contribution >= 4 is 23.5 Å². The molecular weight excluding hydrogens is 274 g/mol. The van der Waals surface area contributed by atoms with Crippen LogP contribution in [0.2, 0.25) is 0 Å². The predicted octanol–water partition coefficient (Wildman–Crippen LogP) is 2.59. The summed E-state index contributed by atoms with van der Waals surface area (Å²) in [5.74, 6) is 0.796. The molecule has 0 aliphatic carbocycles. The molecule has 104 valence electrons. The van der Waals surface area contributed by atoms with Gasteiger partial charge in [0, 0.05) is 11.3 Å². The molecule has 6 heteroatoms. The van der Waals surface area contributed by atoms with Crippen LogP contribution in [0.25, 0.3) is 0 Å². The summed E-state index contributed by atoms with van der Waals surface area (Å²) in [5.41, 5.74) is 2.99. The van der Waals surface area contributed by atoms with Gasteiger partial charge < -0.3 is 10.4 Å². The first kappa shape index (κ1) is 13.1. The topological polar surface area (TPSA) is 78.0 Å². The predicted molar refractivity (Wildman–Crippen MR) is 79.0 cm³/mol. The van der Waals surface area contributed by atoms with Crippen molar-refractivity contribution in [2.75, 3.05) is 5.32 Å². The van der Waals surface area contributed by atoms with Crippen LogP contribution in [0.4, 0.5) is 5.82 Å². The van der Waals surface area contributed by atoms with E-state index < -0.39 is 0 Å². The van der Waals surface area contributed by atoms with E-state index >= 15 is 0 Å². The van der Waals surface area contributed by atoms with Gasteiger partial charge in [0.25, 0.3) is 0 Å². The molecule has 1 amide bonds. The number of phenolic OH excluding ortho intramolecular Hbond substituents is 1. The highest BCUT2D eigenvalue weighted by molar-refractivity contribution is 8.01. The quantitative estimate of drug-likeness (QED) is 0.754. The lowest BCUT2D eigenvalue weighted by Crippen LogP contribution is -2.21. The summed E-state index contributed by atoms with van der Waals surface area (Å²) in [5, 5.41) is 19.2. The SMILES string of the molecule is Cc1[nH]nc2c1[C@H](c1ccc(O)cc1)S[C@H](C)C(=O)N2. The molecule has 3 N–H and O–H groups in total. The van der Waals surface area contributed by atoms with Crippen LogP contribution in [-0.4, -0.2) is 26.5 Å². The van der Waals surface area contributed by atoms with Crippen LogP contribution in [0, 0.1) is 6.92 Å². The van der Waals surface area contributed by atoms with E-state index in [1.54, 1.807) is 23.9 Å². The van der Waals surface area contributed by atoms with Gasteiger partial charge in [-0.2, -0.15) is 5.10 Å². The second kappa shape index (κ2) is 4.86. The van der Waals surface area contributed by atoms with Crippen molar-refractivity contribution in [1.29, 1.82) is 0 Å². The molecule has 0 unspecified atom stereocenters. The Balaban J connectivity index is 2.10. The van der Waals surface area contributed by atoms with Gasteiger partial charge in [0.1, 0.15) is 5.75 Å². The van der Waals surface area contributed by atoms with Gasteiger partial charge in [0.05, 0.1) is 10.5 Å². The van der Waals surface area contributed by atoms with Gasteiger partial charge in [-0.15, -0.1) is 11.8 Å². The third-order valence-electron chi connectivity index (χ3n) is 3.40. The van der Waals surface area contributed by atoms with Crippen LogP contribution >= 0.6 is 11.8 Å². The van der Waals surface area contributed by atoms with Gasteiger partial charge in [0.2, 0.25) is 5.91 Å². The van der Waals surface area contributed by atoms with Gasteiger partial charge >= 0.3 is 0 Å². The largest absolute Gasteiger partial charge is 0.508 e. The average molecular weight is 289 g/mol. The number of carbonyl (C=O) groups is 1. The molecule has 2 heterocycles. The molecule has 3 rings (SSSR count). The van der Waals surface area contributed by atoms with Gasteiger partial charge in [-0.1, -0.05) is 12.1 Å². The number of nitrogens with zero attached hydrogens (tertiary/aromatic N) is 1.